The summed E-state index contributed by atoms with van der Waals surface area (Å²) in [6, 6.07) is 16.5. The summed E-state index contributed by atoms with van der Waals surface area (Å²) in [5, 5.41) is 3.09. The molecule has 0 bridgehead atoms. The van der Waals surface area contributed by atoms with E-state index in [0.29, 0.717) is 25.7 Å². The summed E-state index contributed by atoms with van der Waals surface area (Å²) < 4.78 is 17.4. The summed E-state index contributed by atoms with van der Waals surface area (Å²) in [7, 11) is 0. The van der Waals surface area contributed by atoms with Gasteiger partial charge in [0.25, 0.3) is 0 Å². The van der Waals surface area contributed by atoms with Crippen molar-refractivity contribution >= 4 is 5.91 Å². The molecular weight excluding hydrogens is 356 g/mol. The van der Waals surface area contributed by atoms with Gasteiger partial charge in [0.2, 0.25) is 12.7 Å². The quantitative estimate of drug-likeness (QED) is 0.864. The van der Waals surface area contributed by atoms with Crippen molar-refractivity contribution < 1.29 is 19.0 Å². The van der Waals surface area contributed by atoms with Crippen molar-refractivity contribution in [1.29, 1.82) is 0 Å². The Hall–Kier alpha value is -2.57. The normalized spacial score (nSPS) is 24.1. The van der Waals surface area contributed by atoms with Crippen LogP contribution in [0.15, 0.2) is 48.5 Å². The van der Waals surface area contributed by atoms with E-state index in [-0.39, 0.29) is 24.9 Å². The summed E-state index contributed by atoms with van der Waals surface area (Å²) in [5.41, 5.74) is 2.16. The van der Waals surface area contributed by atoms with Crippen LogP contribution in [0.5, 0.6) is 11.5 Å². The van der Waals surface area contributed by atoms with E-state index in [9.17, 15) is 4.79 Å². The van der Waals surface area contributed by atoms with Gasteiger partial charge in [-0.15, -0.1) is 0 Å². The standard InChI is InChI=1S/C22H24N2O4/c25-22(23-17-7-8-17)13-24-11-20(15-4-2-1-3-5-15)28-21(12-24)16-6-9-18-19(10-16)27-14-26-18/h1-6,9-10,17,20-21H,7-8,11-14H2,(H,23,25)/t20-,21+/m0/s1. The third-order valence-electron chi connectivity index (χ3n) is 5.43. The fourth-order valence-corrected chi connectivity index (χ4v) is 3.81. The predicted molar refractivity (Wildman–Crippen MR) is 103 cm³/mol. The minimum absolute atomic E-state index is 0.0842. The SMILES string of the molecule is O=C(CN1C[C@@H](c2ccccc2)O[C@@H](c2ccc3c(c2)OCO3)C1)NC1CC1. The van der Waals surface area contributed by atoms with Crippen LogP contribution >= 0.6 is 0 Å². The number of ether oxygens (including phenoxy) is 3. The van der Waals surface area contributed by atoms with Crippen LogP contribution < -0.4 is 14.8 Å². The number of amides is 1. The lowest BCUT2D eigenvalue weighted by Gasteiger charge is -2.38. The second-order valence-electron chi connectivity index (χ2n) is 7.67. The molecule has 0 radical (unpaired) electrons. The van der Waals surface area contributed by atoms with Crippen molar-refractivity contribution in [2.45, 2.75) is 31.1 Å². The van der Waals surface area contributed by atoms with Crippen LogP contribution in [0.2, 0.25) is 0 Å². The van der Waals surface area contributed by atoms with Crippen molar-refractivity contribution in [3.63, 3.8) is 0 Å². The lowest BCUT2D eigenvalue weighted by atomic mass is 10.0. The molecule has 1 amide bonds. The monoisotopic (exact) mass is 380 g/mol. The number of nitrogens with zero attached hydrogens (tertiary/aromatic N) is 1. The maximum atomic E-state index is 12.4. The minimum atomic E-state index is -0.137. The van der Waals surface area contributed by atoms with Crippen LogP contribution in [0.4, 0.5) is 0 Å². The number of fused-ring (bicyclic) bond motifs is 1. The van der Waals surface area contributed by atoms with E-state index in [1.54, 1.807) is 0 Å². The number of morpholine rings is 1. The van der Waals surface area contributed by atoms with Crippen molar-refractivity contribution in [1.82, 2.24) is 10.2 Å². The number of nitrogens with one attached hydrogen (secondary N) is 1. The highest BCUT2D eigenvalue weighted by Crippen LogP contribution is 2.38. The third kappa shape index (κ3) is 3.84. The molecule has 2 fully saturated rings. The fourth-order valence-electron chi connectivity index (χ4n) is 3.81. The molecule has 1 aliphatic carbocycles. The van der Waals surface area contributed by atoms with E-state index in [2.05, 4.69) is 22.3 Å². The molecule has 146 valence electrons. The molecule has 3 aliphatic rings. The Morgan fingerprint density at radius 2 is 1.71 bits per heavy atom. The van der Waals surface area contributed by atoms with E-state index in [0.717, 1.165) is 35.5 Å². The first kappa shape index (κ1) is 17.5. The van der Waals surface area contributed by atoms with Gasteiger partial charge in [-0.25, -0.2) is 0 Å². The van der Waals surface area contributed by atoms with E-state index in [1.165, 1.54) is 0 Å². The molecule has 2 atom stereocenters. The first-order valence-corrected chi connectivity index (χ1v) is 9.86. The molecule has 2 aliphatic heterocycles. The van der Waals surface area contributed by atoms with Crippen molar-refractivity contribution in [2.24, 2.45) is 0 Å². The molecule has 0 aromatic heterocycles. The Morgan fingerprint density at radius 3 is 2.50 bits per heavy atom. The Kier molecular flexibility index (Phi) is 4.66. The van der Waals surface area contributed by atoms with Gasteiger partial charge >= 0.3 is 0 Å². The fraction of sp³-hybridized carbons (Fsp3) is 0.409. The smallest absolute Gasteiger partial charge is 0.234 e. The maximum absolute atomic E-state index is 12.4. The number of benzene rings is 2. The van der Waals surface area contributed by atoms with Gasteiger partial charge in [-0.2, -0.15) is 0 Å². The van der Waals surface area contributed by atoms with E-state index in [4.69, 9.17) is 14.2 Å². The van der Waals surface area contributed by atoms with Gasteiger partial charge in [0.15, 0.2) is 11.5 Å². The Labute approximate surface area is 164 Å². The number of carbonyl (C=O) groups excluding carboxylic acids is 1. The number of hydrogen-bond acceptors (Lipinski definition) is 5. The second-order valence-corrected chi connectivity index (χ2v) is 7.67. The van der Waals surface area contributed by atoms with Gasteiger partial charge < -0.3 is 19.5 Å². The van der Waals surface area contributed by atoms with Gasteiger partial charge in [0, 0.05) is 19.1 Å². The molecule has 28 heavy (non-hydrogen) atoms. The highest BCUT2D eigenvalue weighted by molar-refractivity contribution is 5.78. The molecule has 1 N–H and O–H groups in total. The first-order chi connectivity index (χ1) is 13.7. The van der Waals surface area contributed by atoms with Crippen LogP contribution in [-0.2, 0) is 9.53 Å². The van der Waals surface area contributed by atoms with Gasteiger partial charge in [0.1, 0.15) is 0 Å². The largest absolute Gasteiger partial charge is 0.454 e. The first-order valence-electron chi connectivity index (χ1n) is 9.86. The molecular formula is C22H24N2O4. The van der Waals surface area contributed by atoms with Crippen LogP contribution in [0.1, 0.15) is 36.2 Å². The molecule has 0 spiro atoms. The highest BCUT2D eigenvalue weighted by atomic mass is 16.7. The molecule has 1 saturated heterocycles. The lowest BCUT2D eigenvalue weighted by molar-refractivity contribution is -0.128. The highest BCUT2D eigenvalue weighted by Gasteiger charge is 2.32. The zero-order chi connectivity index (χ0) is 18.9. The third-order valence-corrected chi connectivity index (χ3v) is 5.43. The van der Waals surface area contributed by atoms with Gasteiger partial charge in [0.05, 0.1) is 18.8 Å². The van der Waals surface area contributed by atoms with Gasteiger partial charge in [-0.05, 0) is 36.1 Å². The molecule has 2 aromatic carbocycles. The Bertz CT molecular complexity index is 853. The maximum Gasteiger partial charge on any atom is 0.234 e. The zero-order valence-corrected chi connectivity index (χ0v) is 15.7. The van der Waals surface area contributed by atoms with Gasteiger partial charge in [-0.1, -0.05) is 36.4 Å². The van der Waals surface area contributed by atoms with E-state index >= 15 is 0 Å². The molecule has 6 nitrogen and oxygen atoms in total. The van der Waals surface area contributed by atoms with Crippen LogP contribution in [0.25, 0.3) is 0 Å². The molecule has 1 saturated carbocycles. The number of hydrogen-bond donors (Lipinski definition) is 1. The topological polar surface area (TPSA) is 60.0 Å². The summed E-state index contributed by atoms with van der Waals surface area (Å²) >= 11 is 0. The van der Waals surface area contributed by atoms with Crippen molar-refractivity contribution in [3.8, 4) is 11.5 Å². The molecule has 0 unspecified atom stereocenters. The predicted octanol–water partition coefficient (Wildman–Crippen LogP) is 2.81. The summed E-state index contributed by atoms with van der Waals surface area (Å²) in [6.07, 6.45) is 1.98. The van der Waals surface area contributed by atoms with Crippen molar-refractivity contribution in [3.05, 3.63) is 59.7 Å². The average molecular weight is 380 g/mol. The summed E-state index contributed by atoms with van der Waals surface area (Å²) in [6.45, 7) is 2.01. The Balaban J connectivity index is 1.36. The van der Waals surface area contributed by atoms with E-state index < -0.39 is 0 Å². The summed E-state index contributed by atoms with van der Waals surface area (Å²) in [5.74, 6) is 1.61. The summed E-state index contributed by atoms with van der Waals surface area (Å²) in [4.78, 5) is 14.6. The Morgan fingerprint density at radius 1 is 0.964 bits per heavy atom. The molecule has 2 heterocycles. The van der Waals surface area contributed by atoms with Gasteiger partial charge in [-0.3, -0.25) is 9.69 Å². The van der Waals surface area contributed by atoms with Crippen molar-refractivity contribution in [2.75, 3.05) is 26.4 Å². The zero-order valence-electron chi connectivity index (χ0n) is 15.7. The van der Waals surface area contributed by atoms with Crippen LogP contribution in [-0.4, -0.2) is 43.3 Å². The molecule has 6 heteroatoms. The van der Waals surface area contributed by atoms with E-state index in [1.807, 2.05) is 36.4 Å². The number of carbonyl (C=O) groups is 1. The minimum Gasteiger partial charge on any atom is -0.454 e. The second kappa shape index (κ2) is 7.45. The van der Waals surface area contributed by atoms with Crippen LogP contribution in [0.3, 0.4) is 0 Å². The van der Waals surface area contributed by atoms with Crippen LogP contribution in [0, 0.1) is 0 Å². The number of rotatable bonds is 5. The lowest BCUT2D eigenvalue weighted by Crippen LogP contribution is -2.45. The molecule has 5 rings (SSSR count). The average Bonchev–Trinajstić information content (AvgIpc) is 3.40. The molecule has 2 aromatic rings.